The minimum atomic E-state index is 0.609. The van der Waals surface area contributed by atoms with Crippen LogP contribution in [0.15, 0.2) is 146 Å². The molecule has 47 heavy (non-hydrogen) atoms. The van der Waals surface area contributed by atoms with Gasteiger partial charge in [-0.1, -0.05) is 72.8 Å². The topological polar surface area (TPSA) is 27.1 Å². The summed E-state index contributed by atoms with van der Waals surface area (Å²) >= 11 is 1.84. The highest BCUT2D eigenvalue weighted by atomic mass is 32.1. The molecule has 4 aromatic heterocycles. The predicted molar refractivity (Wildman–Crippen MR) is 198 cm³/mol. The van der Waals surface area contributed by atoms with Crippen molar-refractivity contribution in [3.8, 4) is 22.5 Å². The van der Waals surface area contributed by atoms with E-state index in [9.17, 15) is 0 Å². The predicted octanol–water partition coefficient (Wildman–Crippen LogP) is 11.9. The van der Waals surface area contributed by atoms with Crippen LogP contribution < -0.4 is 0 Å². The van der Waals surface area contributed by atoms with Crippen LogP contribution >= 0.6 is 11.3 Å². The first-order valence-electron chi connectivity index (χ1n) is 15.6. The van der Waals surface area contributed by atoms with E-state index in [2.05, 4.69) is 135 Å². The maximum Gasteiger partial charge on any atom is 0.189 e. The van der Waals surface area contributed by atoms with Crippen LogP contribution in [0.2, 0.25) is 0 Å². The second-order valence-corrected chi connectivity index (χ2v) is 13.0. The lowest BCUT2D eigenvalue weighted by atomic mass is 10.0. The summed E-state index contributed by atoms with van der Waals surface area (Å²) in [6.07, 6.45) is 1.88. The molecule has 0 saturated carbocycles. The Bertz CT molecular complexity index is 2880. The Hall–Kier alpha value is -6.22. The van der Waals surface area contributed by atoms with Gasteiger partial charge >= 0.3 is 0 Å². The summed E-state index contributed by atoms with van der Waals surface area (Å²) in [6, 6.07) is 49.2. The van der Waals surface area contributed by atoms with Crippen molar-refractivity contribution < 1.29 is 0 Å². The second-order valence-electron chi connectivity index (χ2n) is 11.9. The molecule has 10 rings (SSSR count). The first-order chi connectivity index (χ1) is 23.3. The zero-order valence-electron chi connectivity index (χ0n) is 25.1. The van der Waals surface area contributed by atoms with Gasteiger partial charge in [0.2, 0.25) is 0 Å². The largest absolute Gasteiger partial charge is 0.310 e. The maximum atomic E-state index is 8.02. The standard InChI is InChI=1S/C42H24N4S/c1-43-28-22-27(24-30(25-28)45-36-15-5-2-12-31(36)32-13-3-6-16-37(32)45)26-10-8-11-29(23-26)46-38-17-9-21-44-40(38)35-20-19-34-33-14-4-7-18-39(33)47-42(34)41(35)46/h2-25H. The van der Waals surface area contributed by atoms with Crippen LogP contribution in [0, 0.1) is 6.57 Å². The molecule has 0 unspecified atom stereocenters. The Balaban J connectivity index is 1.22. The number of para-hydroxylation sites is 2. The van der Waals surface area contributed by atoms with E-state index in [-0.39, 0.29) is 0 Å². The van der Waals surface area contributed by atoms with Gasteiger partial charge in [-0.05, 0) is 77.9 Å². The normalized spacial score (nSPS) is 11.8. The molecule has 0 radical (unpaired) electrons. The highest BCUT2D eigenvalue weighted by molar-refractivity contribution is 7.26. The smallest absolute Gasteiger partial charge is 0.189 e. The fourth-order valence-electron chi connectivity index (χ4n) is 7.34. The lowest BCUT2D eigenvalue weighted by Crippen LogP contribution is -1.96. The highest BCUT2D eigenvalue weighted by Crippen LogP contribution is 2.43. The Morgan fingerprint density at radius 1 is 0.532 bits per heavy atom. The fraction of sp³-hybridized carbons (Fsp3) is 0. The van der Waals surface area contributed by atoms with Gasteiger partial charge in [-0.2, -0.15) is 0 Å². The number of rotatable bonds is 3. The molecule has 6 aromatic carbocycles. The number of hydrogen-bond acceptors (Lipinski definition) is 2. The minimum absolute atomic E-state index is 0.609. The van der Waals surface area contributed by atoms with Gasteiger partial charge in [0, 0.05) is 49.2 Å². The summed E-state index contributed by atoms with van der Waals surface area (Å²) in [5.41, 5.74) is 10.2. The zero-order valence-corrected chi connectivity index (χ0v) is 25.9. The lowest BCUT2D eigenvalue weighted by molar-refractivity contribution is 1.18. The summed E-state index contributed by atoms with van der Waals surface area (Å²) < 4.78 is 7.19. The van der Waals surface area contributed by atoms with Gasteiger partial charge < -0.3 is 9.13 Å². The van der Waals surface area contributed by atoms with Gasteiger partial charge in [-0.25, -0.2) is 4.85 Å². The molecule has 0 fully saturated rings. The quantitative estimate of drug-likeness (QED) is 0.181. The van der Waals surface area contributed by atoms with Crippen LogP contribution in [-0.4, -0.2) is 14.1 Å². The molecule has 0 aliphatic carbocycles. The number of hydrogen-bond donors (Lipinski definition) is 0. The lowest BCUT2D eigenvalue weighted by Gasteiger charge is -2.13. The number of benzene rings is 6. The monoisotopic (exact) mass is 616 g/mol. The van der Waals surface area contributed by atoms with Gasteiger partial charge in [0.25, 0.3) is 0 Å². The molecular weight excluding hydrogens is 593 g/mol. The third-order valence-corrected chi connectivity index (χ3v) is 10.5. The van der Waals surface area contributed by atoms with Crippen LogP contribution in [0.25, 0.3) is 91.3 Å². The Morgan fingerprint density at radius 3 is 2.04 bits per heavy atom. The molecule has 0 saturated heterocycles. The van der Waals surface area contributed by atoms with Crippen molar-refractivity contribution in [1.29, 1.82) is 0 Å². The first-order valence-corrected chi connectivity index (χ1v) is 16.4. The van der Waals surface area contributed by atoms with Crippen molar-refractivity contribution in [2.24, 2.45) is 0 Å². The van der Waals surface area contributed by atoms with Crippen molar-refractivity contribution >= 4 is 80.9 Å². The van der Waals surface area contributed by atoms with Crippen LogP contribution in [0.3, 0.4) is 0 Å². The molecule has 0 aliphatic rings. The summed E-state index contributed by atoms with van der Waals surface area (Å²) in [7, 11) is 0. The first kappa shape index (κ1) is 26.0. The third-order valence-electron chi connectivity index (χ3n) is 9.33. The Morgan fingerprint density at radius 2 is 1.23 bits per heavy atom. The van der Waals surface area contributed by atoms with Crippen LogP contribution in [0.5, 0.6) is 0 Å². The molecule has 4 heterocycles. The van der Waals surface area contributed by atoms with Crippen molar-refractivity contribution in [2.75, 3.05) is 0 Å². The Kier molecular flexibility index (Phi) is 5.48. The molecule has 4 nitrogen and oxygen atoms in total. The van der Waals surface area contributed by atoms with Crippen LogP contribution in [-0.2, 0) is 0 Å². The molecule has 0 aliphatic heterocycles. The summed E-state index contributed by atoms with van der Waals surface area (Å²) in [4.78, 5) is 8.78. The molecule has 0 spiro atoms. The SMILES string of the molecule is [C-]#[N+]c1cc(-c2cccc(-n3c4cccnc4c4ccc5c6ccccc6sc5c43)c2)cc(-n2c3ccccc3c3ccccc32)c1. The van der Waals surface area contributed by atoms with Gasteiger partial charge in [0.1, 0.15) is 0 Å². The van der Waals surface area contributed by atoms with E-state index in [0.29, 0.717) is 5.69 Å². The van der Waals surface area contributed by atoms with E-state index in [0.717, 1.165) is 50.0 Å². The van der Waals surface area contributed by atoms with E-state index in [1.54, 1.807) is 0 Å². The maximum absolute atomic E-state index is 8.02. The summed E-state index contributed by atoms with van der Waals surface area (Å²) in [6.45, 7) is 8.02. The molecule has 5 heteroatoms. The van der Waals surface area contributed by atoms with E-state index in [4.69, 9.17) is 11.6 Å². The van der Waals surface area contributed by atoms with Crippen molar-refractivity contribution in [1.82, 2.24) is 14.1 Å². The zero-order chi connectivity index (χ0) is 31.1. The molecule has 0 N–H and O–H groups in total. The molecular formula is C42H24N4S. The summed E-state index contributed by atoms with van der Waals surface area (Å²) in [5, 5.41) is 6.09. The van der Waals surface area contributed by atoms with Gasteiger partial charge in [0.15, 0.2) is 5.69 Å². The average molecular weight is 617 g/mol. The average Bonchev–Trinajstić information content (AvgIpc) is 3.79. The van der Waals surface area contributed by atoms with E-state index < -0.39 is 0 Å². The molecule has 218 valence electrons. The summed E-state index contributed by atoms with van der Waals surface area (Å²) in [5.74, 6) is 0. The van der Waals surface area contributed by atoms with Gasteiger partial charge in [0.05, 0.1) is 38.9 Å². The Labute approximate surface area is 273 Å². The minimum Gasteiger partial charge on any atom is -0.310 e. The number of fused-ring (bicyclic) bond motifs is 10. The number of thiophene rings is 1. The highest BCUT2D eigenvalue weighted by Gasteiger charge is 2.19. The van der Waals surface area contributed by atoms with Crippen LogP contribution in [0.1, 0.15) is 0 Å². The van der Waals surface area contributed by atoms with Crippen molar-refractivity contribution in [3.05, 3.63) is 157 Å². The second kappa shape index (κ2) is 9.89. The van der Waals surface area contributed by atoms with Crippen molar-refractivity contribution in [3.63, 3.8) is 0 Å². The molecule has 10 aromatic rings. The van der Waals surface area contributed by atoms with Gasteiger partial charge in [-0.15, -0.1) is 11.3 Å². The number of pyridine rings is 1. The van der Waals surface area contributed by atoms with Gasteiger partial charge in [-0.3, -0.25) is 4.98 Å². The van der Waals surface area contributed by atoms with Crippen LogP contribution in [0.4, 0.5) is 5.69 Å². The van der Waals surface area contributed by atoms with E-state index >= 15 is 0 Å². The van der Waals surface area contributed by atoms with E-state index in [1.165, 1.54) is 36.5 Å². The van der Waals surface area contributed by atoms with E-state index in [1.807, 2.05) is 35.7 Å². The molecule has 0 bridgehead atoms. The molecule has 0 amide bonds. The number of aromatic nitrogens is 3. The number of nitrogens with zero attached hydrogens (tertiary/aromatic N) is 4. The fourth-order valence-corrected chi connectivity index (χ4v) is 8.58. The third kappa shape index (κ3) is 3.77. The molecule has 0 atom stereocenters. The van der Waals surface area contributed by atoms with Crippen molar-refractivity contribution in [2.45, 2.75) is 0 Å².